The molecule has 1 heterocycles. The van der Waals surface area contributed by atoms with Gasteiger partial charge in [0.2, 0.25) is 0 Å². The molecule has 80 valence electrons. The monoisotopic (exact) mass is 193 g/mol. The Bertz CT molecular complexity index is 194. The van der Waals surface area contributed by atoms with Gasteiger partial charge in [0.25, 0.3) is 0 Å². The minimum Gasteiger partial charge on any atom is -0.264 e. The molecule has 1 aromatic rings. The lowest BCUT2D eigenvalue weighted by Crippen LogP contribution is -1.85. The zero-order valence-electron chi connectivity index (χ0n) is 9.79. The summed E-state index contributed by atoms with van der Waals surface area (Å²) in [5, 5.41) is 0. The largest absolute Gasteiger partial charge is 0.264 e. The van der Waals surface area contributed by atoms with Crippen molar-refractivity contribution in [2.45, 2.75) is 52.9 Å². The van der Waals surface area contributed by atoms with Gasteiger partial charge >= 0.3 is 0 Å². The van der Waals surface area contributed by atoms with Crippen LogP contribution in [0.1, 0.15) is 52.0 Å². The molecule has 1 nitrogen and oxygen atoms in total. The van der Waals surface area contributed by atoms with E-state index in [0.717, 1.165) is 0 Å². The Balaban J connectivity index is 0.000000791. The third-order valence-electron chi connectivity index (χ3n) is 2.04. The highest BCUT2D eigenvalue weighted by Gasteiger charge is 1.91. The molecule has 0 saturated carbocycles. The Morgan fingerprint density at radius 1 is 1.14 bits per heavy atom. The summed E-state index contributed by atoms with van der Waals surface area (Å²) >= 11 is 0. The third kappa shape index (κ3) is 6.64. The van der Waals surface area contributed by atoms with Gasteiger partial charge in [0, 0.05) is 12.4 Å². The van der Waals surface area contributed by atoms with Crippen molar-refractivity contribution in [3.05, 3.63) is 30.1 Å². The minimum absolute atomic E-state index is 1.19. The molecule has 0 radical (unpaired) electrons. The maximum atomic E-state index is 4.08. The number of aryl methyl sites for hydroxylation is 1. The van der Waals surface area contributed by atoms with E-state index < -0.39 is 0 Å². The van der Waals surface area contributed by atoms with Gasteiger partial charge in [0.1, 0.15) is 0 Å². The molecule has 0 saturated heterocycles. The smallest absolute Gasteiger partial charge is 0.0299 e. The molecule has 0 spiro atoms. The molecule has 1 rings (SSSR count). The highest BCUT2D eigenvalue weighted by molar-refractivity contribution is 5.08. The number of aromatic nitrogens is 1. The fourth-order valence-electron chi connectivity index (χ4n) is 1.30. The maximum absolute atomic E-state index is 4.08. The van der Waals surface area contributed by atoms with Gasteiger partial charge in [-0.05, 0) is 24.5 Å². The second-order valence-corrected chi connectivity index (χ2v) is 3.17. The van der Waals surface area contributed by atoms with Crippen LogP contribution in [0.3, 0.4) is 0 Å². The van der Waals surface area contributed by atoms with E-state index in [9.17, 15) is 0 Å². The molecule has 14 heavy (non-hydrogen) atoms. The number of pyridine rings is 1. The summed E-state index contributed by atoms with van der Waals surface area (Å²) in [6.07, 6.45) is 10.3. The van der Waals surface area contributed by atoms with Crippen LogP contribution < -0.4 is 0 Å². The first-order valence-electron chi connectivity index (χ1n) is 5.82. The van der Waals surface area contributed by atoms with Gasteiger partial charge in [-0.2, -0.15) is 0 Å². The van der Waals surface area contributed by atoms with E-state index in [1.165, 1.54) is 37.7 Å². The first-order valence-corrected chi connectivity index (χ1v) is 5.82. The molecule has 0 amide bonds. The Labute approximate surface area is 88.6 Å². The molecular weight excluding hydrogens is 170 g/mol. The zero-order chi connectivity index (χ0) is 10.6. The second kappa shape index (κ2) is 10.2. The molecule has 0 aliphatic rings. The lowest BCUT2D eigenvalue weighted by Gasteiger charge is -1.98. The zero-order valence-corrected chi connectivity index (χ0v) is 9.79. The van der Waals surface area contributed by atoms with Crippen molar-refractivity contribution in [3.63, 3.8) is 0 Å². The lowest BCUT2D eigenvalue weighted by atomic mass is 10.1. The SMILES string of the molecule is CC.CCCCCCc1cccnc1. The molecular formula is C13H23N. The van der Waals surface area contributed by atoms with E-state index in [-0.39, 0.29) is 0 Å². The third-order valence-corrected chi connectivity index (χ3v) is 2.04. The summed E-state index contributed by atoms with van der Waals surface area (Å²) in [6.45, 7) is 6.24. The van der Waals surface area contributed by atoms with Crippen LogP contribution in [0.15, 0.2) is 24.5 Å². The van der Waals surface area contributed by atoms with Crippen molar-refractivity contribution < 1.29 is 0 Å². The average molecular weight is 193 g/mol. The topological polar surface area (TPSA) is 12.9 Å². The standard InChI is InChI=1S/C11H17N.C2H6/c1-2-3-4-5-7-11-8-6-9-12-10-11;1-2/h6,8-10H,2-5,7H2,1H3;1-2H3. The fourth-order valence-corrected chi connectivity index (χ4v) is 1.30. The van der Waals surface area contributed by atoms with Gasteiger partial charge in [-0.1, -0.05) is 46.1 Å². The minimum atomic E-state index is 1.19. The Hall–Kier alpha value is -0.850. The van der Waals surface area contributed by atoms with E-state index in [4.69, 9.17) is 0 Å². The van der Waals surface area contributed by atoms with Crippen molar-refractivity contribution >= 4 is 0 Å². The predicted octanol–water partition coefficient (Wildman–Crippen LogP) is 4.23. The molecule has 1 aromatic heterocycles. The quantitative estimate of drug-likeness (QED) is 0.638. The van der Waals surface area contributed by atoms with E-state index in [2.05, 4.69) is 18.0 Å². The van der Waals surface area contributed by atoms with Gasteiger partial charge in [-0.25, -0.2) is 0 Å². The number of hydrogen-bond donors (Lipinski definition) is 0. The molecule has 0 atom stereocenters. The molecule has 1 heteroatoms. The van der Waals surface area contributed by atoms with Crippen molar-refractivity contribution in [3.8, 4) is 0 Å². The fraction of sp³-hybridized carbons (Fsp3) is 0.615. The van der Waals surface area contributed by atoms with Crippen molar-refractivity contribution in [2.75, 3.05) is 0 Å². The normalized spacial score (nSPS) is 9.07. The van der Waals surface area contributed by atoms with E-state index in [1.807, 2.05) is 32.3 Å². The molecule has 0 N–H and O–H groups in total. The molecule has 0 fully saturated rings. The first kappa shape index (κ1) is 13.2. The highest BCUT2D eigenvalue weighted by atomic mass is 14.6. The van der Waals surface area contributed by atoms with Crippen LogP contribution in [-0.2, 0) is 6.42 Å². The molecule has 0 aromatic carbocycles. The number of rotatable bonds is 5. The lowest BCUT2D eigenvalue weighted by molar-refractivity contribution is 0.666. The summed E-state index contributed by atoms with van der Waals surface area (Å²) in [4.78, 5) is 4.08. The summed E-state index contributed by atoms with van der Waals surface area (Å²) in [7, 11) is 0. The Morgan fingerprint density at radius 2 is 1.93 bits per heavy atom. The van der Waals surface area contributed by atoms with Crippen LogP contribution in [0.4, 0.5) is 0 Å². The van der Waals surface area contributed by atoms with Crippen molar-refractivity contribution in [1.82, 2.24) is 4.98 Å². The van der Waals surface area contributed by atoms with Gasteiger partial charge in [-0.3, -0.25) is 4.98 Å². The number of hydrogen-bond acceptors (Lipinski definition) is 1. The van der Waals surface area contributed by atoms with Gasteiger partial charge in [0.05, 0.1) is 0 Å². The predicted molar refractivity (Wildman–Crippen MR) is 63.4 cm³/mol. The van der Waals surface area contributed by atoms with Crippen molar-refractivity contribution in [1.29, 1.82) is 0 Å². The van der Waals surface area contributed by atoms with Gasteiger partial charge < -0.3 is 0 Å². The van der Waals surface area contributed by atoms with E-state index in [1.54, 1.807) is 0 Å². The van der Waals surface area contributed by atoms with E-state index in [0.29, 0.717) is 0 Å². The second-order valence-electron chi connectivity index (χ2n) is 3.17. The summed E-state index contributed by atoms with van der Waals surface area (Å²) in [5.74, 6) is 0. The van der Waals surface area contributed by atoms with Gasteiger partial charge in [-0.15, -0.1) is 0 Å². The van der Waals surface area contributed by atoms with Crippen LogP contribution >= 0.6 is 0 Å². The number of nitrogens with zero attached hydrogens (tertiary/aromatic N) is 1. The van der Waals surface area contributed by atoms with Gasteiger partial charge in [0.15, 0.2) is 0 Å². The first-order chi connectivity index (χ1) is 6.93. The molecule has 0 unspecified atom stereocenters. The van der Waals surface area contributed by atoms with Crippen molar-refractivity contribution in [2.24, 2.45) is 0 Å². The maximum Gasteiger partial charge on any atom is 0.0299 e. The van der Waals surface area contributed by atoms with Crippen LogP contribution in [0.2, 0.25) is 0 Å². The molecule has 0 aliphatic carbocycles. The summed E-state index contributed by atoms with van der Waals surface area (Å²) in [5.41, 5.74) is 1.37. The summed E-state index contributed by atoms with van der Waals surface area (Å²) < 4.78 is 0. The summed E-state index contributed by atoms with van der Waals surface area (Å²) in [6, 6.07) is 4.16. The molecule has 0 bridgehead atoms. The Kier molecular flexibility index (Phi) is 9.61. The van der Waals surface area contributed by atoms with E-state index >= 15 is 0 Å². The highest BCUT2D eigenvalue weighted by Crippen LogP contribution is 2.05. The average Bonchev–Trinajstić information content (AvgIpc) is 2.29. The van der Waals surface area contributed by atoms with Crippen LogP contribution in [0, 0.1) is 0 Å². The van der Waals surface area contributed by atoms with Crippen LogP contribution in [0.5, 0.6) is 0 Å². The molecule has 0 aliphatic heterocycles. The van der Waals surface area contributed by atoms with Crippen LogP contribution in [0.25, 0.3) is 0 Å². The Morgan fingerprint density at radius 3 is 2.50 bits per heavy atom. The number of unbranched alkanes of at least 4 members (excludes halogenated alkanes) is 3. The van der Waals surface area contributed by atoms with Crippen LogP contribution in [-0.4, -0.2) is 4.98 Å².